The molecule has 178 valence electrons. The van der Waals surface area contributed by atoms with Gasteiger partial charge in [0.05, 0.1) is 15.5 Å². The lowest BCUT2D eigenvalue weighted by atomic mass is 10.1. The monoisotopic (exact) mass is 495 g/mol. The molecule has 3 aromatic carbocycles. The lowest BCUT2D eigenvalue weighted by Crippen LogP contribution is -2.29. The number of nitrogens with zero attached hydrogens (tertiary/aromatic N) is 1. The molecule has 0 saturated heterocycles. The number of likely N-dealkylation sites (N-methyl/N-ethyl adjacent to an activating group) is 1. The Balaban J connectivity index is 2.47. The van der Waals surface area contributed by atoms with Crippen LogP contribution < -0.4 is 0 Å². The minimum absolute atomic E-state index is 0.0679. The maximum Gasteiger partial charge on any atom is 0.220 e. The molecule has 0 N–H and O–H groups in total. The van der Waals surface area contributed by atoms with E-state index in [1.807, 2.05) is 50.3 Å². The largest absolute Gasteiger partial charge is 0.370 e. The van der Waals surface area contributed by atoms with Crippen LogP contribution in [-0.2, 0) is 19.7 Å². The van der Waals surface area contributed by atoms with Gasteiger partial charge in [0, 0.05) is 13.1 Å². The van der Waals surface area contributed by atoms with Gasteiger partial charge in [-0.25, -0.2) is 16.8 Å². The van der Waals surface area contributed by atoms with Gasteiger partial charge in [0.15, 0.2) is 4.24 Å². The first-order valence-electron chi connectivity index (χ1n) is 11.1. The van der Waals surface area contributed by atoms with Crippen LogP contribution in [0.2, 0.25) is 0 Å². The Labute approximate surface area is 202 Å². The average Bonchev–Trinajstić information content (AvgIpc) is 2.85. The van der Waals surface area contributed by atoms with E-state index in [9.17, 15) is 16.8 Å². The van der Waals surface area contributed by atoms with Crippen molar-refractivity contribution >= 4 is 25.8 Å². The topological polar surface area (TPSA) is 71.5 Å². The summed E-state index contributed by atoms with van der Waals surface area (Å²) in [7, 11) is -8.80. The Morgan fingerprint density at radius 1 is 0.676 bits per heavy atom. The SMILES string of the molecule is CCN(CC)C(C(C)=Cc1ccccc1)=C(S(=O)(=O)c1ccccc1)S(=O)(=O)c1ccccc1. The van der Waals surface area contributed by atoms with E-state index >= 15 is 0 Å². The van der Waals surface area contributed by atoms with Gasteiger partial charge in [-0.15, -0.1) is 0 Å². The van der Waals surface area contributed by atoms with Gasteiger partial charge in [-0.3, -0.25) is 0 Å². The molecule has 0 unspecified atom stereocenters. The van der Waals surface area contributed by atoms with Crippen molar-refractivity contribution in [3.8, 4) is 0 Å². The van der Waals surface area contributed by atoms with Crippen molar-refractivity contribution in [1.82, 2.24) is 4.90 Å². The molecule has 0 aliphatic carbocycles. The summed E-state index contributed by atoms with van der Waals surface area (Å²) >= 11 is 0. The molecular weight excluding hydrogens is 466 g/mol. The molecular formula is C27H29NO4S2. The van der Waals surface area contributed by atoms with E-state index < -0.39 is 23.9 Å². The van der Waals surface area contributed by atoms with E-state index in [0.717, 1.165) is 5.56 Å². The first-order valence-corrected chi connectivity index (χ1v) is 14.0. The Bertz CT molecular complexity index is 1300. The summed E-state index contributed by atoms with van der Waals surface area (Å²) in [6.07, 6.45) is 1.81. The van der Waals surface area contributed by atoms with Crippen molar-refractivity contribution in [3.63, 3.8) is 0 Å². The van der Waals surface area contributed by atoms with Crippen LogP contribution in [0.25, 0.3) is 6.08 Å². The number of hydrogen-bond acceptors (Lipinski definition) is 5. The van der Waals surface area contributed by atoms with E-state index in [0.29, 0.717) is 18.7 Å². The second-order valence-electron chi connectivity index (χ2n) is 7.68. The summed E-state index contributed by atoms with van der Waals surface area (Å²) in [5.74, 6) is 0. The third-order valence-electron chi connectivity index (χ3n) is 5.42. The first kappa shape index (κ1) is 25.5. The van der Waals surface area contributed by atoms with Gasteiger partial charge in [-0.05, 0) is 62.2 Å². The number of allylic oxidation sites excluding steroid dienone is 1. The van der Waals surface area contributed by atoms with Gasteiger partial charge < -0.3 is 4.90 Å². The minimum atomic E-state index is -4.40. The molecule has 0 bridgehead atoms. The van der Waals surface area contributed by atoms with Crippen LogP contribution in [0.1, 0.15) is 26.3 Å². The summed E-state index contributed by atoms with van der Waals surface area (Å²) in [6.45, 7) is 6.37. The van der Waals surface area contributed by atoms with Gasteiger partial charge >= 0.3 is 0 Å². The van der Waals surface area contributed by atoms with Crippen LogP contribution in [-0.4, -0.2) is 34.8 Å². The molecule has 3 rings (SSSR count). The normalized spacial score (nSPS) is 12.3. The Hall–Kier alpha value is -3.16. The summed E-state index contributed by atoms with van der Waals surface area (Å²) in [4.78, 5) is 1.65. The third-order valence-corrected chi connectivity index (χ3v) is 9.89. The number of benzene rings is 3. The zero-order valence-electron chi connectivity index (χ0n) is 19.5. The Morgan fingerprint density at radius 3 is 1.44 bits per heavy atom. The lowest BCUT2D eigenvalue weighted by molar-refractivity contribution is 0.389. The fraction of sp³-hybridized carbons (Fsp3) is 0.185. The van der Waals surface area contributed by atoms with Crippen molar-refractivity contribution in [2.75, 3.05) is 13.1 Å². The molecule has 3 aromatic rings. The van der Waals surface area contributed by atoms with E-state index in [4.69, 9.17) is 0 Å². The van der Waals surface area contributed by atoms with Crippen LogP contribution in [0.5, 0.6) is 0 Å². The van der Waals surface area contributed by atoms with Gasteiger partial charge in [0.1, 0.15) is 0 Å². The van der Waals surface area contributed by atoms with Crippen molar-refractivity contribution in [2.45, 2.75) is 30.6 Å². The molecule has 0 heterocycles. The fourth-order valence-electron chi connectivity index (χ4n) is 3.76. The lowest BCUT2D eigenvalue weighted by Gasteiger charge is -2.28. The van der Waals surface area contributed by atoms with E-state index in [1.54, 1.807) is 48.2 Å². The van der Waals surface area contributed by atoms with Gasteiger partial charge in [0.25, 0.3) is 0 Å². The highest BCUT2D eigenvalue weighted by molar-refractivity contribution is 8.14. The molecule has 0 saturated carbocycles. The van der Waals surface area contributed by atoms with Gasteiger partial charge in [0.2, 0.25) is 19.7 Å². The maximum atomic E-state index is 14.0. The summed E-state index contributed by atoms with van der Waals surface area (Å²) in [5.41, 5.74) is 1.57. The van der Waals surface area contributed by atoms with E-state index in [1.165, 1.54) is 24.3 Å². The summed E-state index contributed by atoms with van der Waals surface area (Å²) < 4.78 is 55.4. The van der Waals surface area contributed by atoms with E-state index in [2.05, 4.69) is 0 Å². The fourth-order valence-corrected chi connectivity index (χ4v) is 8.04. The molecule has 0 spiro atoms. The smallest absolute Gasteiger partial charge is 0.220 e. The van der Waals surface area contributed by atoms with Crippen LogP contribution in [0.3, 0.4) is 0 Å². The predicted molar refractivity (Wildman–Crippen MR) is 137 cm³/mol. The Kier molecular flexibility index (Phi) is 8.12. The predicted octanol–water partition coefficient (Wildman–Crippen LogP) is 5.55. The standard InChI is InChI=1S/C27H29NO4S2/c1-4-28(5-2)26(22(3)21-23-15-9-6-10-16-23)27(33(29,30)24-17-11-7-12-18-24)34(31,32)25-19-13-8-14-20-25/h6-21H,4-5H2,1-3H3. The number of hydrogen-bond donors (Lipinski definition) is 0. The molecule has 0 aromatic heterocycles. The third kappa shape index (κ3) is 5.32. The second-order valence-corrected chi connectivity index (χ2v) is 11.7. The Morgan fingerprint density at radius 2 is 1.06 bits per heavy atom. The maximum absolute atomic E-state index is 14.0. The van der Waals surface area contributed by atoms with Gasteiger partial charge in [-0.1, -0.05) is 66.7 Å². The highest BCUT2D eigenvalue weighted by atomic mass is 32.3. The zero-order valence-corrected chi connectivity index (χ0v) is 21.2. The number of sulfone groups is 2. The molecule has 0 atom stereocenters. The molecule has 0 amide bonds. The van der Waals surface area contributed by atoms with Crippen molar-refractivity contribution in [3.05, 3.63) is 112 Å². The average molecular weight is 496 g/mol. The molecule has 0 aliphatic rings. The van der Waals surface area contributed by atoms with Crippen LogP contribution in [0.4, 0.5) is 0 Å². The quantitative estimate of drug-likeness (QED) is 0.364. The number of rotatable bonds is 9. The summed E-state index contributed by atoms with van der Waals surface area (Å²) in [6, 6.07) is 24.8. The van der Waals surface area contributed by atoms with Crippen molar-refractivity contribution in [1.29, 1.82) is 0 Å². The second kappa shape index (κ2) is 10.8. The van der Waals surface area contributed by atoms with Gasteiger partial charge in [-0.2, -0.15) is 0 Å². The van der Waals surface area contributed by atoms with Crippen molar-refractivity contribution in [2.24, 2.45) is 0 Å². The molecule has 0 fully saturated rings. The highest BCUT2D eigenvalue weighted by Gasteiger charge is 2.38. The van der Waals surface area contributed by atoms with Crippen LogP contribution >= 0.6 is 0 Å². The first-order chi connectivity index (χ1) is 16.2. The van der Waals surface area contributed by atoms with Crippen LogP contribution in [0.15, 0.2) is 116 Å². The molecule has 0 aliphatic heterocycles. The zero-order chi connectivity index (χ0) is 24.8. The highest BCUT2D eigenvalue weighted by Crippen LogP contribution is 2.36. The van der Waals surface area contributed by atoms with Crippen LogP contribution in [0, 0.1) is 0 Å². The summed E-state index contributed by atoms with van der Waals surface area (Å²) in [5, 5.41) is 0. The van der Waals surface area contributed by atoms with E-state index in [-0.39, 0.29) is 15.5 Å². The molecule has 34 heavy (non-hydrogen) atoms. The molecule has 5 nitrogen and oxygen atoms in total. The molecule has 7 heteroatoms. The molecule has 0 radical (unpaired) electrons. The van der Waals surface area contributed by atoms with Crippen molar-refractivity contribution < 1.29 is 16.8 Å². The minimum Gasteiger partial charge on any atom is -0.370 e.